The lowest BCUT2D eigenvalue weighted by Crippen LogP contribution is -2.60. The molecule has 2 heteroatoms. The van der Waals surface area contributed by atoms with Gasteiger partial charge in [-0.25, -0.2) is 0 Å². The molecule has 0 spiro atoms. The summed E-state index contributed by atoms with van der Waals surface area (Å²) in [6, 6.07) is 7.48. The van der Waals surface area contributed by atoms with Crippen molar-refractivity contribution in [3.63, 3.8) is 0 Å². The predicted octanol–water partition coefficient (Wildman–Crippen LogP) is 3.71. The van der Waals surface area contributed by atoms with Crippen molar-refractivity contribution in [3.8, 4) is 5.75 Å². The van der Waals surface area contributed by atoms with Gasteiger partial charge in [-0.15, -0.1) is 0 Å². The van der Waals surface area contributed by atoms with Crippen LogP contribution in [0, 0.1) is 11.8 Å². The van der Waals surface area contributed by atoms with Crippen LogP contribution in [0.5, 0.6) is 5.75 Å². The lowest BCUT2D eigenvalue weighted by atomic mass is 9.58. The molecule has 1 saturated heterocycles. The average Bonchev–Trinajstić information content (AvgIpc) is 3.28. The predicted molar refractivity (Wildman–Crippen MR) is 85.6 cm³/mol. The number of hydrogen-bond donors (Lipinski definition) is 1. The van der Waals surface area contributed by atoms with E-state index in [1.807, 2.05) is 12.1 Å². The van der Waals surface area contributed by atoms with Gasteiger partial charge in [0.1, 0.15) is 5.75 Å². The molecule has 3 aliphatic rings. The second kappa shape index (κ2) is 4.49. The van der Waals surface area contributed by atoms with Crippen LogP contribution in [0.25, 0.3) is 0 Å². The summed E-state index contributed by atoms with van der Waals surface area (Å²) in [4.78, 5) is 2.81. The monoisotopic (exact) mass is 285 g/mol. The van der Waals surface area contributed by atoms with Gasteiger partial charge >= 0.3 is 0 Å². The number of benzene rings is 1. The molecule has 2 nitrogen and oxygen atoms in total. The first-order valence-corrected chi connectivity index (χ1v) is 8.59. The second-order valence-corrected chi connectivity index (χ2v) is 7.88. The van der Waals surface area contributed by atoms with E-state index >= 15 is 0 Å². The van der Waals surface area contributed by atoms with Crippen molar-refractivity contribution in [1.29, 1.82) is 0 Å². The summed E-state index contributed by atoms with van der Waals surface area (Å²) in [7, 11) is 0. The highest BCUT2D eigenvalue weighted by Crippen LogP contribution is 2.51. The van der Waals surface area contributed by atoms with Crippen molar-refractivity contribution in [2.45, 2.75) is 64.0 Å². The minimum atomic E-state index is 0.233. The number of fused-ring (bicyclic) bond motifs is 4. The third kappa shape index (κ3) is 1.95. The molecule has 0 unspecified atom stereocenters. The molecule has 2 bridgehead atoms. The zero-order chi connectivity index (χ0) is 14.8. The summed E-state index contributed by atoms with van der Waals surface area (Å²) >= 11 is 0. The highest BCUT2D eigenvalue weighted by atomic mass is 16.3. The van der Waals surface area contributed by atoms with Crippen LogP contribution in [-0.2, 0) is 11.8 Å². The molecule has 4 atom stereocenters. The van der Waals surface area contributed by atoms with Crippen LogP contribution in [0.1, 0.15) is 51.2 Å². The fraction of sp³-hybridized carbons (Fsp3) is 0.684. The van der Waals surface area contributed by atoms with Gasteiger partial charge in [0.2, 0.25) is 0 Å². The zero-order valence-corrected chi connectivity index (χ0v) is 13.5. The van der Waals surface area contributed by atoms with E-state index in [-0.39, 0.29) is 5.41 Å². The van der Waals surface area contributed by atoms with E-state index in [0.29, 0.717) is 17.7 Å². The Morgan fingerprint density at radius 1 is 1.33 bits per heavy atom. The van der Waals surface area contributed by atoms with Crippen molar-refractivity contribution in [2.24, 2.45) is 11.8 Å². The van der Waals surface area contributed by atoms with Gasteiger partial charge in [0.25, 0.3) is 0 Å². The van der Waals surface area contributed by atoms with Crippen LogP contribution >= 0.6 is 0 Å². The number of piperidine rings is 1. The fourth-order valence-corrected chi connectivity index (χ4v) is 5.00. The van der Waals surface area contributed by atoms with Crippen LogP contribution in [-0.4, -0.2) is 28.6 Å². The summed E-state index contributed by atoms with van der Waals surface area (Å²) in [6.07, 6.45) is 5.24. The van der Waals surface area contributed by atoms with E-state index in [9.17, 15) is 5.11 Å². The largest absolute Gasteiger partial charge is 0.508 e. The molecule has 4 rings (SSSR count). The number of rotatable bonds is 2. The van der Waals surface area contributed by atoms with Crippen molar-refractivity contribution < 1.29 is 5.11 Å². The van der Waals surface area contributed by atoms with Gasteiger partial charge in [0.05, 0.1) is 0 Å². The van der Waals surface area contributed by atoms with Crippen LogP contribution in [0.15, 0.2) is 18.2 Å². The van der Waals surface area contributed by atoms with Crippen LogP contribution in [0.4, 0.5) is 0 Å². The second-order valence-electron chi connectivity index (χ2n) is 7.88. The Balaban J connectivity index is 1.73. The molecule has 0 radical (unpaired) electrons. The molecule has 1 aliphatic heterocycles. The number of phenols is 1. The van der Waals surface area contributed by atoms with E-state index in [1.165, 1.54) is 36.9 Å². The molecule has 114 valence electrons. The molecule has 1 saturated carbocycles. The van der Waals surface area contributed by atoms with Gasteiger partial charge in [0.15, 0.2) is 0 Å². The van der Waals surface area contributed by atoms with Gasteiger partial charge in [-0.05, 0) is 79.7 Å². The minimum Gasteiger partial charge on any atom is -0.508 e. The average molecular weight is 285 g/mol. The lowest BCUT2D eigenvalue weighted by Gasteiger charge is -2.56. The Bertz CT molecular complexity index is 565. The number of phenolic OH excluding ortho intramolecular Hbond substituents is 1. The van der Waals surface area contributed by atoms with Crippen molar-refractivity contribution in [3.05, 3.63) is 29.3 Å². The van der Waals surface area contributed by atoms with Crippen LogP contribution in [0.2, 0.25) is 0 Å². The zero-order valence-electron chi connectivity index (χ0n) is 13.5. The SMILES string of the molecule is C[C@H](C1CC1)N1CC[C@]2(C)c3cc(O)ccc3C[C@@H]1[C@@H]2C. The fourth-order valence-electron chi connectivity index (χ4n) is 5.00. The van der Waals surface area contributed by atoms with Crippen LogP contribution < -0.4 is 0 Å². The first kappa shape index (κ1) is 13.6. The first-order chi connectivity index (χ1) is 10.0. The van der Waals surface area contributed by atoms with Crippen molar-refractivity contribution >= 4 is 0 Å². The molecule has 0 aromatic heterocycles. The summed E-state index contributed by atoms with van der Waals surface area (Å²) in [5.41, 5.74) is 3.10. The third-order valence-corrected chi connectivity index (χ3v) is 6.86. The molecule has 1 aromatic rings. The molecule has 2 fully saturated rings. The van der Waals surface area contributed by atoms with Crippen molar-refractivity contribution in [1.82, 2.24) is 4.90 Å². The Hall–Kier alpha value is -1.02. The van der Waals surface area contributed by atoms with E-state index in [0.717, 1.165) is 18.4 Å². The lowest BCUT2D eigenvalue weighted by molar-refractivity contribution is 0.000427. The summed E-state index contributed by atoms with van der Waals surface area (Å²) in [5, 5.41) is 9.90. The molecule has 2 aliphatic carbocycles. The normalized spacial score (nSPS) is 37.1. The quantitative estimate of drug-likeness (QED) is 0.895. The molecular formula is C19H27NO. The maximum atomic E-state index is 9.90. The molecular weight excluding hydrogens is 258 g/mol. The van der Waals surface area contributed by atoms with Gasteiger partial charge < -0.3 is 5.11 Å². The first-order valence-electron chi connectivity index (χ1n) is 8.59. The van der Waals surface area contributed by atoms with Gasteiger partial charge in [0, 0.05) is 12.1 Å². The topological polar surface area (TPSA) is 23.5 Å². The molecule has 0 amide bonds. The van der Waals surface area contributed by atoms with E-state index < -0.39 is 0 Å². The van der Waals surface area contributed by atoms with Crippen molar-refractivity contribution in [2.75, 3.05) is 6.54 Å². The van der Waals surface area contributed by atoms with E-state index in [4.69, 9.17) is 0 Å². The molecule has 21 heavy (non-hydrogen) atoms. The summed E-state index contributed by atoms with van der Waals surface area (Å²) in [6.45, 7) is 8.52. The number of likely N-dealkylation sites (tertiary alicyclic amines) is 1. The Morgan fingerprint density at radius 2 is 2.10 bits per heavy atom. The summed E-state index contributed by atoms with van der Waals surface area (Å²) < 4.78 is 0. The highest BCUT2D eigenvalue weighted by Gasteiger charge is 2.50. The third-order valence-electron chi connectivity index (χ3n) is 6.86. The Labute approximate surface area is 128 Å². The molecule has 1 aromatic carbocycles. The maximum absolute atomic E-state index is 9.90. The minimum absolute atomic E-state index is 0.233. The maximum Gasteiger partial charge on any atom is 0.115 e. The van der Waals surface area contributed by atoms with Gasteiger partial charge in [-0.2, -0.15) is 0 Å². The Morgan fingerprint density at radius 3 is 2.81 bits per heavy atom. The summed E-state index contributed by atoms with van der Waals surface area (Å²) in [5.74, 6) is 2.04. The van der Waals surface area contributed by atoms with Gasteiger partial charge in [-0.3, -0.25) is 4.90 Å². The standard InChI is InChI=1S/C19H27NO/c1-12-18-10-15-6-7-16(21)11-17(15)19(12,3)8-9-20(18)13(2)14-4-5-14/h6-7,11-14,18,21H,4-5,8-10H2,1-3H3/t12-,13+,18+,19-/m0/s1. The molecule has 1 N–H and O–H groups in total. The van der Waals surface area contributed by atoms with E-state index in [1.54, 1.807) is 0 Å². The van der Waals surface area contributed by atoms with Crippen LogP contribution in [0.3, 0.4) is 0 Å². The number of aromatic hydroxyl groups is 1. The number of nitrogens with zero attached hydrogens (tertiary/aromatic N) is 1. The molecule has 1 heterocycles. The van der Waals surface area contributed by atoms with Gasteiger partial charge in [-0.1, -0.05) is 19.9 Å². The van der Waals surface area contributed by atoms with E-state index in [2.05, 4.69) is 31.7 Å². The number of hydrogen-bond acceptors (Lipinski definition) is 2. The highest BCUT2D eigenvalue weighted by molar-refractivity contribution is 5.44. The smallest absolute Gasteiger partial charge is 0.115 e. The Kier molecular flexibility index (Phi) is 2.91.